The Hall–Kier alpha value is -1.68. The minimum atomic E-state index is 0.790. The lowest BCUT2D eigenvalue weighted by molar-refractivity contribution is 0.134. The molecule has 1 heterocycles. The van der Waals surface area contributed by atoms with E-state index in [1.54, 1.807) is 0 Å². The van der Waals surface area contributed by atoms with Gasteiger partial charge in [0.2, 0.25) is 0 Å². The number of nitrogens with one attached hydrogen (secondary N) is 1. The number of rotatable bonds is 7. The summed E-state index contributed by atoms with van der Waals surface area (Å²) < 4.78 is 5.45. The van der Waals surface area contributed by atoms with Gasteiger partial charge < -0.3 is 10.1 Å². The summed E-state index contributed by atoms with van der Waals surface area (Å²) in [6, 6.07) is 8.21. The molecule has 0 saturated carbocycles. The van der Waals surface area contributed by atoms with Crippen LogP contribution in [0.1, 0.15) is 25.5 Å². The number of aromatic nitrogens is 2. The second-order valence-corrected chi connectivity index (χ2v) is 4.57. The topological polar surface area (TPSA) is 47.0 Å². The minimum Gasteiger partial charge on any atom is -0.381 e. The number of benzene rings is 1. The van der Waals surface area contributed by atoms with Crippen LogP contribution in [0.2, 0.25) is 0 Å². The Morgan fingerprint density at radius 1 is 1.11 bits per heavy atom. The predicted octanol–water partition coefficient (Wildman–Crippen LogP) is 3.17. The zero-order chi connectivity index (χ0) is 13.5. The van der Waals surface area contributed by atoms with Crippen LogP contribution in [-0.4, -0.2) is 30.0 Å². The number of anilines is 1. The van der Waals surface area contributed by atoms with Crippen molar-refractivity contribution in [3.63, 3.8) is 0 Å². The Labute approximate surface area is 114 Å². The molecule has 0 radical (unpaired) electrons. The molecule has 0 fully saturated rings. The molecule has 0 bridgehead atoms. The van der Waals surface area contributed by atoms with E-state index in [0.29, 0.717) is 0 Å². The lowest BCUT2D eigenvalue weighted by atomic mass is 10.1. The highest BCUT2D eigenvalue weighted by atomic mass is 16.5. The van der Waals surface area contributed by atoms with Gasteiger partial charge in [0.15, 0.2) is 5.82 Å². The van der Waals surface area contributed by atoms with Gasteiger partial charge in [-0.3, -0.25) is 0 Å². The highest BCUT2D eigenvalue weighted by Gasteiger charge is 2.04. The zero-order valence-electron chi connectivity index (χ0n) is 11.6. The van der Waals surface area contributed by atoms with Crippen molar-refractivity contribution in [3.8, 4) is 0 Å². The SMILES string of the molecule is CCCOCCCNc1nnc(C)c2ccccc12. The largest absolute Gasteiger partial charge is 0.381 e. The summed E-state index contributed by atoms with van der Waals surface area (Å²) in [5.74, 6) is 0.858. The number of hydrogen-bond donors (Lipinski definition) is 1. The Bertz CT molecular complexity index is 528. The van der Waals surface area contributed by atoms with Gasteiger partial charge in [0, 0.05) is 30.5 Å². The van der Waals surface area contributed by atoms with E-state index in [1.165, 1.54) is 0 Å². The minimum absolute atomic E-state index is 0.790. The molecule has 0 aliphatic rings. The molecule has 1 aromatic carbocycles. The van der Waals surface area contributed by atoms with Gasteiger partial charge in [-0.05, 0) is 19.8 Å². The summed E-state index contributed by atoms with van der Waals surface area (Å²) in [5, 5.41) is 14.1. The van der Waals surface area contributed by atoms with E-state index in [1.807, 2.05) is 19.1 Å². The number of hydrogen-bond acceptors (Lipinski definition) is 4. The summed E-state index contributed by atoms with van der Waals surface area (Å²) in [6.07, 6.45) is 2.05. The van der Waals surface area contributed by atoms with Crippen LogP contribution in [0.25, 0.3) is 10.8 Å². The first-order valence-electron chi connectivity index (χ1n) is 6.86. The number of ether oxygens (including phenoxy) is 1. The Kier molecular flexibility index (Phi) is 5.10. The van der Waals surface area contributed by atoms with E-state index in [2.05, 4.69) is 34.6 Å². The van der Waals surface area contributed by atoms with Crippen molar-refractivity contribution in [2.75, 3.05) is 25.1 Å². The maximum Gasteiger partial charge on any atom is 0.156 e. The first-order valence-corrected chi connectivity index (χ1v) is 6.86. The van der Waals surface area contributed by atoms with Gasteiger partial charge in [0.05, 0.1) is 5.69 Å². The van der Waals surface area contributed by atoms with E-state index in [4.69, 9.17) is 4.74 Å². The van der Waals surface area contributed by atoms with Crippen LogP contribution in [0, 0.1) is 6.92 Å². The average Bonchev–Trinajstić information content (AvgIpc) is 2.45. The van der Waals surface area contributed by atoms with Gasteiger partial charge in [-0.2, -0.15) is 5.10 Å². The molecule has 0 amide bonds. The highest BCUT2D eigenvalue weighted by Crippen LogP contribution is 2.21. The monoisotopic (exact) mass is 259 g/mol. The van der Waals surface area contributed by atoms with Crippen LogP contribution in [0.4, 0.5) is 5.82 Å². The molecule has 2 aromatic rings. The maximum atomic E-state index is 5.45. The second kappa shape index (κ2) is 7.04. The van der Waals surface area contributed by atoms with Gasteiger partial charge >= 0.3 is 0 Å². The number of nitrogens with zero attached hydrogens (tertiary/aromatic N) is 2. The van der Waals surface area contributed by atoms with E-state index in [-0.39, 0.29) is 0 Å². The van der Waals surface area contributed by atoms with E-state index < -0.39 is 0 Å². The third kappa shape index (κ3) is 3.64. The van der Waals surface area contributed by atoms with Gasteiger partial charge in [0.1, 0.15) is 0 Å². The van der Waals surface area contributed by atoms with Crippen LogP contribution in [-0.2, 0) is 4.74 Å². The fourth-order valence-electron chi connectivity index (χ4n) is 2.00. The van der Waals surface area contributed by atoms with Crippen molar-refractivity contribution >= 4 is 16.6 Å². The molecule has 0 aliphatic heterocycles. The molecule has 0 spiro atoms. The molecule has 102 valence electrons. The summed E-state index contributed by atoms with van der Waals surface area (Å²) in [4.78, 5) is 0. The Morgan fingerprint density at radius 3 is 2.68 bits per heavy atom. The van der Waals surface area contributed by atoms with Crippen molar-refractivity contribution < 1.29 is 4.74 Å². The van der Waals surface area contributed by atoms with Gasteiger partial charge in [0.25, 0.3) is 0 Å². The molecule has 0 atom stereocenters. The van der Waals surface area contributed by atoms with E-state index in [0.717, 1.165) is 54.9 Å². The summed E-state index contributed by atoms with van der Waals surface area (Å²) in [7, 11) is 0. The maximum absolute atomic E-state index is 5.45. The van der Waals surface area contributed by atoms with E-state index >= 15 is 0 Å². The van der Waals surface area contributed by atoms with E-state index in [9.17, 15) is 0 Å². The molecule has 0 unspecified atom stereocenters. The van der Waals surface area contributed by atoms with Gasteiger partial charge in [-0.25, -0.2) is 0 Å². The quantitative estimate of drug-likeness (QED) is 0.776. The molecule has 0 aliphatic carbocycles. The van der Waals surface area contributed by atoms with Crippen LogP contribution in [0.15, 0.2) is 24.3 Å². The van der Waals surface area contributed by atoms with Crippen LogP contribution < -0.4 is 5.32 Å². The molecule has 1 N–H and O–H groups in total. The Morgan fingerprint density at radius 2 is 1.89 bits per heavy atom. The highest BCUT2D eigenvalue weighted by molar-refractivity contribution is 5.92. The number of fused-ring (bicyclic) bond motifs is 1. The normalized spacial score (nSPS) is 10.8. The third-order valence-electron chi connectivity index (χ3n) is 2.98. The molecule has 1 aromatic heterocycles. The van der Waals surface area contributed by atoms with Crippen molar-refractivity contribution in [1.82, 2.24) is 10.2 Å². The molecule has 4 nitrogen and oxygen atoms in total. The fourth-order valence-corrected chi connectivity index (χ4v) is 2.00. The first-order chi connectivity index (χ1) is 9.33. The zero-order valence-corrected chi connectivity index (χ0v) is 11.6. The summed E-state index contributed by atoms with van der Waals surface area (Å²) in [6.45, 7) is 6.58. The molecule has 4 heteroatoms. The van der Waals surface area contributed by atoms with Crippen molar-refractivity contribution in [3.05, 3.63) is 30.0 Å². The number of aryl methyl sites for hydroxylation is 1. The Balaban J connectivity index is 1.96. The van der Waals surface area contributed by atoms with Gasteiger partial charge in [-0.15, -0.1) is 5.10 Å². The molecule has 2 rings (SSSR count). The van der Waals surface area contributed by atoms with Crippen LogP contribution in [0.5, 0.6) is 0 Å². The molecule has 19 heavy (non-hydrogen) atoms. The summed E-state index contributed by atoms with van der Waals surface area (Å²) in [5.41, 5.74) is 0.965. The smallest absolute Gasteiger partial charge is 0.156 e. The van der Waals surface area contributed by atoms with Crippen molar-refractivity contribution in [1.29, 1.82) is 0 Å². The molecule has 0 saturated heterocycles. The standard InChI is InChI=1S/C15H21N3O/c1-3-10-19-11-6-9-16-15-14-8-5-4-7-13(14)12(2)17-18-15/h4-5,7-8H,3,6,9-11H2,1-2H3,(H,16,18). The van der Waals surface area contributed by atoms with Gasteiger partial charge in [-0.1, -0.05) is 31.2 Å². The van der Waals surface area contributed by atoms with Crippen LogP contribution in [0.3, 0.4) is 0 Å². The van der Waals surface area contributed by atoms with Crippen LogP contribution >= 0.6 is 0 Å². The first kappa shape index (κ1) is 13.7. The molecular weight excluding hydrogens is 238 g/mol. The fraction of sp³-hybridized carbons (Fsp3) is 0.467. The third-order valence-corrected chi connectivity index (χ3v) is 2.98. The summed E-state index contributed by atoms with van der Waals surface area (Å²) >= 11 is 0. The predicted molar refractivity (Wildman–Crippen MR) is 78.5 cm³/mol. The van der Waals surface area contributed by atoms with Crippen molar-refractivity contribution in [2.45, 2.75) is 26.7 Å². The lowest BCUT2D eigenvalue weighted by Crippen LogP contribution is -2.08. The average molecular weight is 259 g/mol. The second-order valence-electron chi connectivity index (χ2n) is 4.57. The lowest BCUT2D eigenvalue weighted by Gasteiger charge is -2.09. The van der Waals surface area contributed by atoms with Crippen molar-refractivity contribution in [2.24, 2.45) is 0 Å². The molecular formula is C15H21N3O.